The smallest absolute Gasteiger partial charge is 0.244 e. The molecule has 0 N–H and O–H groups in total. The van der Waals surface area contributed by atoms with Gasteiger partial charge < -0.3 is 0 Å². The van der Waals surface area contributed by atoms with Crippen molar-refractivity contribution >= 4 is 26.6 Å². The lowest BCUT2D eigenvalue weighted by atomic mass is 9.91. The summed E-state index contributed by atoms with van der Waals surface area (Å²) in [4.78, 5) is 14.3. The third kappa shape index (κ3) is 4.11. The third-order valence-electron chi connectivity index (χ3n) is 6.67. The van der Waals surface area contributed by atoms with Gasteiger partial charge in [-0.2, -0.15) is 4.31 Å². The number of carbonyl (C=O) groups is 1. The average Bonchev–Trinajstić information content (AvgIpc) is 3.29. The summed E-state index contributed by atoms with van der Waals surface area (Å²) in [5.41, 5.74) is 2.84. The molecule has 0 saturated heterocycles. The first-order chi connectivity index (χ1) is 16.9. The maximum atomic E-state index is 14.1. The molecule has 0 fully saturated rings. The van der Waals surface area contributed by atoms with Gasteiger partial charge in [-0.05, 0) is 41.8 Å². The van der Waals surface area contributed by atoms with E-state index in [1.165, 1.54) is 4.31 Å². The van der Waals surface area contributed by atoms with Crippen molar-refractivity contribution in [1.82, 2.24) is 4.31 Å². The van der Waals surface area contributed by atoms with Crippen molar-refractivity contribution in [3.05, 3.63) is 125 Å². The molecule has 5 rings (SSSR count). The van der Waals surface area contributed by atoms with E-state index in [1.807, 2.05) is 92.7 Å². The second-order valence-corrected chi connectivity index (χ2v) is 10.8. The molecule has 0 aromatic heterocycles. The Labute approximate surface area is 206 Å². The number of aryl methyl sites for hydroxylation is 1. The van der Waals surface area contributed by atoms with Gasteiger partial charge in [0.1, 0.15) is 0 Å². The van der Waals surface area contributed by atoms with Gasteiger partial charge in [-0.25, -0.2) is 8.42 Å². The molecule has 0 unspecified atom stereocenters. The summed E-state index contributed by atoms with van der Waals surface area (Å²) in [6.45, 7) is 3.88. The van der Waals surface area contributed by atoms with Crippen molar-refractivity contribution in [3.63, 3.8) is 0 Å². The highest BCUT2D eigenvalue weighted by Gasteiger charge is 2.45. The molecule has 4 aromatic carbocycles. The molecule has 1 aliphatic rings. The van der Waals surface area contributed by atoms with Gasteiger partial charge in [0.2, 0.25) is 10.0 Å². The average molecular weight is 482 g/mol. The molecule has 35 heavy (non-hydrogen) atoms. The standard InChI is InChI=1S/C30H27NO3S/c1-3-24-20-28(30(32)27-15-9-13-22-10-7-8-14-26(22)27)29(23-11-5-4-6-12-23)31(24)35(33,34)25-18-16-21(2)17-19-25/h4-20,24,29H,3H2,1-2H3/t24-,29+/m1/s1. The quantitative estimate of drug-likeness (QED) is 0.296. The van der Waals surface area contributed by atoms with Crippen LogP contribution in [0.3, 0.4) is 0 Å². The van der Waals surface area contributed by atoms with Gasteiger partial charge in [0, 0.05) is 17.2 Å². The first-order valence-electron chi connectivity index (χ1n) is 11.8. The maximum absolute atomic E-state index is 14.1. The van der Waals surface area contributed by atoms with Crippen LogP contribution in [0, 0.1) is 6.92 Å². The SMILES string of the molecule is CC[C@@H]1C=C(C(=O)c2cccc3ccccc23)[C@H](c2ccccc2)N1S(=O)(=O)c1ccc(C)cc1. The second-order valence-electron chi connectivity index (χ2n) is 8.91. The van der Waals surface area contributed by atoms with Crippen LogP contribution in [0.4, 0.5) is 0 Å². The van der Waals surface area contributed by atoms with Crippen LogP contribution in [0.25, 0.3) is 10.8 Å². The Morgan fingerprint density at radius 3 is 2.20 bits per heavy atom. The van der Waals surface area contributed by atoms with Gasteiger partial charge in [-0.3, -0.25) is 4.79 Å². The number of benzene rings is 4. The molecule has 1 aliphatic heterocycles. The van der Waals surface area contributed by atoms with Crippen LogP contribution in [-0.2, 0) is 10.0 Å². The molecule has 4 aromatic rings. The number of carbonyl (C=O) groups excluding carboxylic acids is 1. The van der Waals surface area contributed by atoms with Gasteiger partial charge in [-0.1, -0.05) is 103 Å². The summed E-state index contributed by atoms with van der Waals surface area (Å²) in [5.74, 6) is -0.143. The molecule has 0 radical (unpaired) electrons. The molecule has 2 atom stereocenters. The van der Waals surface area contributed by atoms with Crippen molar-refractivity contribution in [2.24, 2.45) is 0 Å². The molecule has 5 heteroatoms. The largest absolute Gasteiger partial charge is 0.289 e. The van der Waals surface area contributed by atoms with Crippen molar-refractivity contribution in [1.29, 1.82) is 0 Å². The van der Waals surface area contributed by atoms with Gasteiger partial charge in [0.05, 0.1) is 10.9 Å². The van der Waals surface area contributed by atoms with Crippen molar-refractivity contribution in [2.75, 3.05) is 0 Å². The van der Waals surface area contributed by atoms with Crippen molar-refractivity contribution in [3.8, 4) is 0 Å². The van der Waals surface area contributed by atoms with E-state index >= 15 is 0 Å². The van der Waals surface area contributed by atoms with Crippen molar-refractivity contribution < 1.29 is 13.2 Å². The van der Waals surface area contributed by atoms with Gasteiger partial charge >= 0.3 is 0 Å². The molecule has 1 heterocycles. The van der Waals surface area contributed by atoms with Crippen LogP contribution in [-0.4, -0.2) is 24.5 Å². The lowest BCUT2D eigenvalue weighted by molar-refractivity contribution is 0.102. The fraction of sp³-hybridized carbons (Fsp3) is 0.167. The predicted molar refractivity (Wildman–Crippen MR) is 140 cm³/mol. The molecular weight excluding hydrogens is 454 g/mol. The number of Topliss-reactive ketones (excluding diaryl/α,β-unsaturated/α-hetero) is 1. The zero-order valence-corrected chi connectivity index (χ0v) is 20.6. The van der Waals surface area contributed by atoms with Crippen molar-refractivity contribution in [2.45, 2.75) is 37.2 Å². The number of nitrogens with zero attached hydrogens (tertiary/aromatic N) is 1. The molecule has 176 valence electrons. The van der Waals surface area contributed by atoms with E-state index in [1.54, 1.807) is 24.3 Å². The predicted octanol–water partition coefficient (Wildman–Crippen LogP) is 6.48. The van der Waals surface area contributed by atoms with Crippen LogP contribution >= 0.6 is 0 Å². The van der Waals surface area contributed by atoms with Crippen LogP contribution in [0.2, 0.25) is 0 Å². The highest BCUT2D eigenvalue weighted by molar-refractivity contribution is 7.89. The number of rotatable bonds is 6. The number of hydrogen-bond donors (Lipinski definition) is 0. The van der Waals surface area contributed by atoms with E-state index in [0.717, 1.165) is 21.9 Å². The topological polar surface area (TPSA) is 54.5 Å². The summed E-state index contributed by atoms with van der Waals surface area (Å²) in [6.07, 6.45) is 2.41. The van der Waals surface area contributed by atoms with E-state index < -0.39 is 22.1 Å². The number of hydrogen-bond acceptors (Lipinski definition) is 3. The monoisotopic (exact) mass is 481 g/mol. The minimum atomic E-state index is -3.88. The Morgan fingerprint density at radius 1 is 0.829 bits per heavy atom. The molecule has 0 saturated carbocycles. The van der Waals surface area contributed by atoms with Gasteiger partial charge in [-0.15, -0.1) is 0 Å². The summed E-state index contributed by atoms with van der Waals surface area (Å²) in [6, 6.07) is 28.7. The van der Waals surface area contributed by atoms with E-state index in [0.29, 0.717) is 17.6 Å². The minimum absolute atomic E-state index is 0.143. The molecule has 0 aliphatic carbocycles. The molecule has 4 nitrogen and oxygen atoms in total. The van der Waals surface area contributed by atoms with Gasteiger partial charge in [0.15, 0.2) is 5.78 Å². The highest BCUT2D eigenvalue weighted by Crippen LogP contribution is 2.43. The Kier molecular flexibility index (Phi) is 6.13. The maximum Gasteiger partial charge on any atom is 0.244 e. The lowest BCUT2D eigenvalue weighted by Crippen LogP contribution is -2.38. The number of ketones is 1. The minimum Gasteiger partial charge on any atom is -0.289 e. The highest BCUT2D eigenvalue weighted by atomic mass is 32.2. The van der Waals surface area contributed by atoms with E-state index in [2.05, 4.69) is 0 Å². The second kappa shape index (κ2) is 9.25. The van der Waals surface area contributed by atoms with Crippen LogP contribution in [0.5, 0.6) is 0 Å². The van der Waals surface area contributed by atoms with Crippen LogP contribution in [0.15, 0.2) is 114 Å². The molecular formula is C30H27NO3S. The summed E-state index contributed by atoms with van der Waals surface area (Å²) in [7, 11) is -3.88. The summed E-state index contributed by atoms with van der Waals surface area (Å²) in [5, 5.41) is 1.84. The molecule has 0 spiro atoms. The first kappa shape index (κ1) is 23.2. The first-order valence-corrected chi connectivity index (χ1v) is 13.2. The fourth-order valence-corrected chi connectivity index (χ4v) is 6.69. The Morgan fingerprint density at radius 2 is 1.49 bits per heavy atom. The summed E-state index contributed by atoms with van der Waals surface area (Å²) >= 11 is 0. The fourth-order valence-electron chi connectivity index (χ4n) is 4.89. The Hall–Kier alpha value is -3.54. The number of sulfonamides is 1. The van der Waals surface area contributed by atoms with Gasteiger partial charge in [0.25, 0.3) is 0 Å². The zero-order chi connectivity index (χ0) is 24.6. The number of fused-ring (bicyclic) bond motifs is 1. The normalized spacial score (nSPS) is 18.5. The zero-order valence-electron chi connectivity index (χ0n) is 19.8. The Balaban J connectivity index is 1.67. The van der Waals surface area contributed by atoms with E-state index in [-0.39, 0.29) is 10.7 Å². The summed E-state index contributed by atoms with van der Waals surface area (Å²) < 4.78 is 29.5. The van der Waals surface area contributed by atoms with Crippen LogP contribution in [0.1, 0.15) is 40.9 Å². The molecule has 0 bridgehead atoms. The molecule has 0 amide bonds. The van der Waals surface area contributed by atoms with E-state index in [9.17, 15) is 13.2 Å². The lowest BCUT2D eigenvalue weighted by Gasteiger charge is -2.31. The van der Waals surface area contributed by atoms with Crippen LogP contribution < -0.4 is 0 Å². The van der Waals surface area contributed by atoms with E-state index in [4.69, 9.17) is 0 Å². The Bertz CT molecular complexity index is 1520. The third-order valence-corrected chi connectivity index (χ3v) is 8.58.